The molecular weight excluding hydrogens is 720 g/mol. The number of halogens is 1. The van der Waals surface area contributed by atoms with Crippen LogP contribution in [0.5, 0.6) is 0 Å². The number of esters is 1. The van der Waals surface area contributed by atoms with Gasteiger partial charge in [-0.1, -0.05) is 71.3 Å². The molecule has 0 aromatic heterocycles. The Hall–Kier alpha value is -3.10. The number of benzene rings is 1. The van der Waals surface area contributed by atoms with Gasteiger partial charge < -0.3 is 34.4 Å². The predicted octanol–water partition coefficient (Wildman–Crippen LogP) is 3.00. The van der Waals surface area contributed by atoms with Crippen LogP contribution in [0.3, 0.4) is 0 Å². The summed E-state index contributed by atoms with van der Waals surface area (Å²) in [5, 5.41) is 12.2. The number of hydrogen-bond acceptors (Lipinski definition) is 9. The van der Waals surface area contributed by atoms with Gasteiger partial charge in [0.1, 0.15) is 17.7 Å². The number of amides is 3. The van der Waals surface area contributed by atoms with Crippen LogP contribution in [0.1, 0.15) is 56.6 Å². The average Bonchev–Trinajstić information content (AvgIpc) is 3.74. The van der Waals surface area contributed by atoms with E-state index in [-0.39, 0.29) is 42.1 Å². The van der Waals surface area contributed by atoms with Crippen LogP contribution < -0.4 is 5.32 Å². The molecule has 4 saturated heterocycles. The summed E-state index contributed by atoms with van der Waals surface area (Å²) in [5.74, 6) is -3.12. The van der Waals surface area contributed by atoms with Gasteiger partial charge in [-0.05, 0) is 31.2 Å². The zero-order valence-corrected chi connectivity index (χ0v) is 31.1. The molecule has 0 radical (unpaired) electrons. The lowest BCUT2D eigenvalue weighted by Gasteiger charge is -2.38. The van der Waals surface area contributed by atoms with Gasteiger partial charge in [-0.2, -0.15) is 0 Å². The Bertz CT molecular complexity index is 1380. The first-order chi connectivity index (χ1) is 24.7. The van der Waals surface area contributed by atoms with Crippen LogP contribution in [0.2, 0.25) is 0 Å². The molecule has 2 bridgehead atoms. The molecule has 3 amide bonds. The van der Waals surface area contributed by atoms with Crippen molar-refractivity contribution >= 4 is 39.6 Å². The summed E-state index contributed by atoms with van der Waals surface area (Å²) >= 11 is 3.76. The third-order valence-electron chi connectivity index (χ3n) is 10.5. The highest BCUT2D eigenvalue weighted by atomic mass is 79.9. The molecule has 4 heterocycles. The average molecular weight is 774 g/mol. The third kappa shape index (κ3) is 8.93. The molecular formula is C38H53BrN4O8. The molecule has 7 atom stereocenters. The van der Waals surface area contributed by atoms with Gasteiger partial charge in [0.25, 0.3) is 0 Å². The summed E-state index contributed by atoms with van der Waals surface area (Å²) in [6.07, 6.45) is 5.97. The number of nitrogens with zero attached hydrogens (tertiary/aromatic N) is 3. The minimum absolute atomic E-state index is 0.0617. The molecule has 1 unspecified atom stereocenters. The first-order valence-corrected chi connectivity index (χ1v) is 19.2. The van der Waals surface area contributed by atoms with Crippen LogP contribution in [0.15, 0.2) is 55.6 Å². The van der Waals surface area contributed by atoms with E-state index in [1.54, 1.807) is 22.0 Å². The molecule has 0 aliphatic carbocycles. The fourth-order valence-electron chi connectivity index (χ4n) is 8.02. The molecule has 1 spiro atoms. The van der Waals surface area contributed by atoms with Gasteiger partial charge >= 0.3 is 5.97 Å². The van der Waals surface area contributed by atoms with Gasteiger partial charge in [0.15, 0.2) is 0 Å². The normalized spacial score (nSPS) is 27.5. The van der Waals surface area contributed by atoms with Gasteiger partial charge in [-0.3, -0.25) is 24.1 Å². The molecule has 5 rings (SSSR count). The van der Waals surface area contributed by atoms with E-state index in [1.807, 2.05) is 30.3 Å². The van der Waals surface area contributed by atoms with Crippen LogP contribution >= 0.6 is 15.9 Å². The number of allylic oxidation sites excluding steroid dienone is 1. The Kier molecular flexibility index (Phi) is 14.3. The number of fused-ring (bicyclic) bond motifs is 1. The van der Waals surface area contributed by atoms with E-state index in [0.29, 0.717) is 70.6 Å². The quantitative estimate of drug-likeness (QED) is 0.0888. The minimum atomic E-state index is -1.22. The molecule has 4 aliphatic heterocycles. The maximum absolute atomic E-state index is 14.7. The van der Waals surface area contributed by atoms with Crippen molar-refractivity contribution in [2.45, 2.75) is 73.6 Å². The number of morpholine rings is 1. The predicted molar refractivity (Wildman–Crippen MR) is 195 cm³/mol. The molecule has 1 aromatic carbocycles. The number of carbonyl (C=O) groups excluding carboxylic acids is 4. The van der Waals surface area contributed by atoms with Gasteiger partial charge in [0, 0.05) is 57.1 Å². The summed E-state index contributed by atoms with van der Waals surface area (Å²) in [6, 6.07) is 8.27. The summed E-state index contributed by atoms with van der Waals surface area (Å²) in [7, 11) is 0. The van der Waals surface area contributed by atoms with Crippen molar-refractivity contribution in [2.75, 3.05) is 65.6 Å². The van der Waals surface area contributed by atoms with Crippen LogP contribution in [0, 0.1) is 11.8 Å². The van der Waals surface area contributed by atoms with E-state index in [9.17, 15) is 24.3 Å². The van der Waals surface area contributed by atoms with Crippen molar-refractivity contribution in [3.8, 4) is 0 Å². The number of nitrogens with one attached hydrogen (secondary N) is 1. The number of hydrogen-bond donors (Lipinski definition) is 2. The molecule has 12 nitrogen and oxygen atoms in total. The van der Waals surface area contributed by atoms with Crippen molar-refractivity contribution in [3.05, 3.63) is 61.2 Å². The highest BCUT2D eigenvalue weighted by Crippen LogP contribution is 2.60. The standard InChI is InChI=1S/C38H53BrN4O8/c1-3-5-15-30(45)40-26-29(27-13-9-8-10-14-27)50-37(48)31-32-35(46)43(17-11-6-7-12-22-44)34(38(32)25-28(39)33(31)51-38)36(47)42(16-4-2)19-18-41-20-23-49-24-21-41/h3-4,8-10,13-14,28-29,31-34,44H,1-2,5-7,11-12,15-26H2,(H,40,45)/t28?,29-,31+,32-,33+,34+,38-/m1/s1. The van der Waals surface area contributed by atoms with E-state index in [1.165, 1.54) is 0 Å². The van der Waals surface area contributed by atoms with Crippen molar-refractivity contribution in [3.63, 3.8) is 0 Å². The highest BCUT2D eigenvalue weighted by molar-refractivity contribution is 9.09. The monoisotopic (exact) mass is 772 g/mol. The first-order valence-electron chi connectivity index (χ1n) is 18.3. The molecule has 1 aromatic rings. The zero-order valence-electron chi connectivity index (χ0n) is 29.5. The smallest absolute Gasteiger partial charge is 0.313 e. The zero-order chi connectivity index (χ0) is 36.4. The molecule has 2 N–H and O–H groups in total. The second kappa shape index (κ2) is 18.6. The van der Waals surface area contributed by atoms with Gasteiger partial charge in [0.2, 0.25) is 17.7 Å². The summed E-state index contributed by atoms with van der Waals surface area (Å²) in [6.45, 7) is 12.4. The minimum Gasteiger partial charge on any atom is -0.455 e. The lowest BCUT2D eigenvalue weighted by Crippen LogP contribution is -2.57. The second-order valence-electron chi connectivity index (χ2n) is 13.8. The van der Waals surface area contributed by atoms with Crippen LogP contribution in [0.4, 0.5) is 0 Å². The van der Waals surface area contributed by atoms with Gasteiger partial charge in [0.05, 0.1) is 37.7 Å². The van der Waals surface area contributed by atoms with Crippen molar-refractivity contribution in [1.82, 2.24) is 20.0 Å². The lowest BCUT2D eigenvalue weighted by molar-refractivity contribution is -0.160. The summed E-state index contributed by atoms with van der Waals surface area (Å²) in [5.41, 5.74) is -0.513. The van der Waals surface area contributed by atoms with E-state index < -0.39 is 41.7 Å². The largest absolute Gasteiger partial charge is 0.455 e. The lowest BCUT2D eigenvalue weighted by atomic mass is 9.70. The molecule has 280 valence electrons. The highest BCUT2D eigenvalue weighted by Gasteiger charge is 2.77. The van der Waals surface area contributed by atoms with Gasteiger partial charge in [-0.15, -0.1) is 13.2 Å². The van der Waals surface area contributed by atoms with Gasteiger partial charge in [-0.25, -0.2) is 0 Å². The van der Waals surface area contributed by atoms with E-state index in [4.69, 9.17) is 14.2 Å². The fourth-order valence-corrected chi connectivity index (χ4v) is 8.96. The maximum Gasteiger partial charge on any atom is 0.313 e. The Labute approximate surface area is 309 Å². The van der Waals surface area contributed by atoms with Crippen molar-refractivity contribution in [2.24, 2.45) is 11.8 Å². The fraction of sp³-hybridized carbons (Fsp3) is 0.632. The molecule has 51 heavy (non-hydrogen) atoms. The number of likely N-dealkylation sites (tertiary alicyclic amines) is 1. The third-order valence-corrected chi connectivity index (χ3v) is 11.4. The number of aliphatic hydroxyl groups is 1. The number of ether oxygens (including phenoxy) is 3. The summed E-state index contributed by atoms with van der Waals surface area (Å²) in [4.78, 5) is 61.5. The van der Waals surface area contributed by atoms with Crippen LogP contribution in [0.25, 0.3) is 0 Å². The van der Waals surface area contributed by atoms with E-state index in [0.717, 1.165) is 25.9 Å². The van der Waals surface area contributed by atoms with Crippen molar-refractivity contribution < 1.29 is 38.5 Å². The molecule has 0 saturated carbocycles. The molecule has 13 heteroatoms. The maximum atomic E-state index is 14.7. The number of carbonyl (C=O) groups is 4. The topological polar surface area (TPSA) is 138 Å². The number of unbranched alkanes of at least 4 members (excludes halogenated alkanes) is 3. The second-order valence-corrected chi connectivity index (χ2v) is 15.0. The van der Waals surface area contributed by atoms with E-state index in [2.05, 4.69) is 39.3 Å². The van der Waals surface area contributed by atoms with Crippen LogP contribution in [-0.2, 0) is 33.4 Å². The number of alkyl halides is 1. The Morgan fingerprint density at radius 2 is 1.84 bits per heavy atom. The molecule has 4 aliphatic rings. The Morgan fingerprint density at radius 3 is 2.55 bits per heavy atom. The Morgan fingerprint density at radius 1 is 1.10 bits per heavy atom. The number of rotatable bonds is 20. The first kappa shape index (κ1) is 39.1. The Balaban J connectivity index is 1.41. The number of aliphatic hydroxyl groups excluding tert-OH is 1. The summed E-state index contributed by atoms with van der Waals surface area (Å²) < 4.78 is 18.4. The SMILES string of the molecule is C=CCCC(=O)NC[C@@H](OC(=O)[C@@H]1[C@H]2O[C@@]3(CC2Br)[C@H](C(=O)N(CC=C)CCN2CCOCC2)N(CCCCCCO)C(=O)[C@@H]13)c1ccccc1. The van der Waals surface area contributed by atoms with Crippen LogP contribution in [-0.4, -0.2) is 132 Å². The molecule has 4 fully saturated rings. The van der Waals surface area contributed by atoms with Crippen molar-refractivity contribution in [1.29, 1.82) is 0 Å². The van der Waals surface area contributed by atoms with E-state index >= 15 is 0 Å².